The SMILES string of the molecule is COc1ccc(C(=O)OC[C@H]2O[C@@H](n3ccc(N)nc3=O)[C@@H](O)[C@@H]2O)cc1.Cl. The van der Waals surface area contributed by atoms with Crippen molar-refractivity contribution in [1.82, 2.24) is 9.55 Å². The van der Waals surface area contributed by atoms with Gasteiger partial charge in [-0.25, -0.2) is 9.59 Å². The van der Waals surface area contributed by atoms with Crippen LogP contribution in [0.4, 0.5) is 5.82 Å². The first-order chi connectivity index (χ1) is 12.9. The summed E-state index contributed by atoms with van der Waals surface area (Å²) >= 11 is 0. The molecule has 0 saturated carbocycles. The van der Waals surface area contributed by atoms with Crippen LogP contribution in [0.5, 0.6) is 5.75 Å². The zero-order chi connectivity index (χ0) is 19.6. The van der Waals surface area contributed by atoms with Gasteiger partial charge >= 0.3 is 11.7 Å². The zero-order valence-corrected chi connectivity index (χ0v) is 15.6. The van der Waals surface area contributed by atoms with Crippen LogP contribution in [0.2, 0.25) is 0 Å². The van der Waals surface area contributed by atoms with Crippen molar-refractivity contribution < 1.29 is 29.2 Å². The number of nitrogens with zero attached hydrogens (tertiary/aromatic N) is 2. The van der Waals surface area contributed by atoms with Crippen LogP contribution in [-0.2, 0) is 9.47 Å². The van der Waals surface area contributed by atoms with Gasteiger partial charge in [-0.1, -0.05) is 0 Å². The molecule has 0 radical (unpaired) electrons. The van der Waals surface area contributed by atoms with E-state index in [1.807, 2.05) is 0 Å². The molecule has 10 nitrogen and oxygen atoms in total. The van der Waals surface area contributed by atoms with Crippen molar-refractivity contribution >= 4 is 24.2 Å². The van der Waals surface area contributed by atoms with E-state index in [4.69, 9.17) is 19.9 Å². The summed E-state index contributed by atoms with van der Waals surface area (Å²) in [5, 5.41) is 20.3. The molecule has 0 bridgehead atoms. The van der Waals surface area contributed by atoms with Gasteiger partial charge in [0.25, 0.3) is 0 Å². The van der Waals surface area contributed by atoms with Crippen molar-refractivity contribution in [3.8, 4) is 5.75 Å². The highest BCUT2D eigenvalue weighted by Gasteiger charge is 2.44. The Labute approximate surface area is 165 Å². The fourth-order valence-electron chi connectivity index (χ4n) is 2.68. The summed E-state index contributed by atoms with van der Waals surface area (Å²) in [5.74, 6) is -0.0124. The molecule has 0 amide bonds. The Bertz CT molecular complexity index is 874. The predicted octanol–water partition coefficient (Wildman–Crippen LogP) is -0.268. The summed E-state index contributed by atoms with van der Waals surface area (Å²) in [7, 11) is 1.51. The molecule has 28 heavy (non-hydrogen) atoms. The summed E-state index contributed by atoms with van der Waals surface area (Å²) in [4.78, 5) is 27.5. The molecule has 1 fully saturated rings. The molecule has 4 atom stereocenters. The van der Waals surface area contributed by atoms with Gasteiger partial charge in [0.15, 0.2) is 6.23 Å². The third-order valence-electron chi connectivity index (χ3n) is 4.17. The maximum Gasteiger partial charge on any atom is 0.351 e. The second-order valence-electron chi connectivity index (χ2n) is 5.92. The zero-order valence-electron chi connectivity index (χ0n) is 14.8. The number of ether oxygens (including phenoxy) is 3. The van der Waals surface area contributed by atoms with Crippen LogP contribution in [0.15, 0.2) is 41.3 Å². The van der Waals surface area contributed by atoms with E-state index < -0.39 is 36.2 Å². The Morgan fingerprint density at radius 1 is 1.25 bits per heavy atom. The van der Waals surface area contributed by atoms with Gasteiger partial charge in [-0.3, -0.25) is 4.57 Å². The van der Waals surface area contributed by atoms with E-state index in [9.17, 15) is 19.8 Å². The van der Waals surface area contributed by atoms with Crippen LogP contribution in [-0.4, -0.2) is 57.8 Å². The number of carbonyl (C=O) groups is 1. The van der Waals surface area contributed by atoms with E-state index in [-0.39, 0.29) is 24.8 Å². The molecule has 1 saturated heterocycles. The van der Waals surface area contributed by atoms with E-state index in [1.165, 1.54) is 31.5 Å². The second kappa shape index (κ2) is 9.02. The number of nitrogens with two attached hydrogens (primary N) is 1. The number of aliphatic hydroxyl groups is 2. The van der Waals surface area contributed by atoms with Crippen molar-refractivity contribution in [3.05, 3.63) is 52.6 Å². The number of hydrogen-bond donors (Lipinski definition) is 3. The number of carbonyl (C=O) groups excluding carboxylic acids is 1. The van der Waals surface area contributed by atoms with Crippen molar-refractivity contribution in [2.24, 2.45) is 0 Å². The van der Waals surface area contributed by atoms with Crippen LogP contribution in [0.3, 0.4) is 0 Å². The molecule has 0 unspecified atom stereocenters. The second-order valence-corrected chi connectivity index (χ2v) is 5.92. The highest BCUT2D eigenvalue weighted by Crippen LogP contribution is 2.28. The molecule has 0 spiro atoms. The summed E-state index contributed by atoms with van der Waals surface area (Å²) in [5.41, 5.74) is 4.98. The molecule has 1 aliphatic heterocycles. The first kappa shape index (κ1) is 21.6. The smallest absolute Gasteiger partial charge is 0.351 e. The van der Waals surface area contributed by atoms with Gasteiger partial charge < -0.3 is 30.2 Å². The lowest BCUT2D eigenvalue weighted by Gasteiger charge is -2.16. The van der Waals surface area contributed by atoms with Crippen LogP contribution in [0.25, 0.3) is 0 Å². The number of halogens is 1. The van der Waals surface area contributed by atoms with E-state index in [2.05, 4.69) is 4.98 Å². The fourth-order valence-corrected chi connectivity index (χ4v) is 2.68. The number of anilines is 1. The van der Waals surface area contributed by atoms with Crippen LogP contribution >= 0.6 is 12.4 Å². The van der Waals surface area contributed by atoms with Gasteiger partial charge in [0.05, 0.1) is 12.7 Å². The molecule has 3 rings (SSSR count). The Morgan fingerprint density at radius 2 is 1.93 bits per heavy atom. The fraction of sp³-hybridized carbons (Fsp3) is 0.353. The number of aliphatic hydroxyl groups excluding tert-OH is 2. The van der Waals surface area contributed by atoms with E-state index in [1.54, 1.807) is 12.1 Å². The van der Waals surface area contributed by atoms with Gasteiger partial charge in [0, 0.05) is 6.20 Å². The van der Waals surface area contributed by atoms with E-state index >= 15 is 0 Å². The standard InChI is InChI=1S/C17H19N3O7.ClH/c1-25-10-4-2-9(3-5-10)16(23)26-8-11-13(21)14(22)15(27-11)20-7-6-12(18)19-17(20)24;/h2-7,11,13-15,21-22H,8H2,1H3,(H2,18,19,24);1H/t11-,13-,14+,15-;/m1./s1. The normalized spacial score (nSPS) is 23.7. The molecule has 0 aliphatic carbocycles. The van der Waals surface area contributed by atoms with Crippen molar-refractivity contribution in [1.29, 1.82) is 0 Å². The van der Waals surface area contributed by atoms with Gasteiger partial charge in [-0.05, 0) is 30.3 Å². The number of hydrogen-bond acceptors (Lipinski definition) is 9. The summed E-state index contributed by atoms with van der Waals surface area (Å²) < 4.78 is 16.7. The molecule has 4 N–H and O–H groups in total. The number of rotatable bonds is 5. The Morgan fingerprint density at radius 3 is 2.54 bits per heavy atom. The maximum absolute atomic E-state index is 12.1. The quantitative estimate of drug-likeness (QED) is 0.563. The molecule has 152 valence electrons. The van der Waals surface area contributed by atoms with Crippen molar-refractivity contribution in [2.75, 3.05) is 19.5 Å². The lowest BCUT2D eigenvalue weighted by molar-refractivity contribution is -0.0598. The van der Waals surface area contributed by atoms with Crippen LogP contribution in [0.1, 0.15) is 16.6 Å². The number of benzene rings is 1. The number of esters is 1. The van der Waals surface area contributed by atoms with Gasteiger partial charge in [-0.15, -0.1) is 12.4 Å². The van der Waals surface area contributed by atoms with Gasteiger partial charge in [0.1, 0.15) is 36.5 Å². The monoisotopic (exact) mass is 413 g/mol. The Hall–Kier alpha value is -2.66. The third kappa shape index (κ3) is 4.42. The summed E-state index contributed by atoms with van der Waals surface area (Å²) in [6, 6.07) is 7.64. The van der Waals surface area contributed by atoms with Crippen LogP contribution in [0, 0.1) is 0 Å². The van der Waals surface area contributed by atoms with E-state index in [0.29, 0.717) is 11.3 Å². The topological polar surface area (TPSA) is 146 Å². The van der Waals surface area contributed by atoms with Crippen molar-refractivity contribution in [2.45, 2.75) is 24.5 Å². The molecule has 2 aromatic rings. The molecule has 2 heterocycles. The molecule has 1 aromatic heterocycles. The van der Waals surface area contributed by atoms with Gasteiger partial charge in [-0.2, -0.15) is 4.98 Å². The largest absolute Gasteiger partial charge is 0.497 e. The first-order valence-corrected chi connectivity index (χ1v) is 8.08. The maximum atomic E-state index is 12.1. The average molecular weight is 414 g/mol. The number of nitrogen functional groups attached to an aromatic ring is 1. The molecular formula is C17H20ClN3O7. The van der Waals surface area contributed by atoms with Crippen molar-refractivity contribution in [3.63, 3.8) is 0 Å². The molecule has 1 aromatic carbocycles. The van der Waals surface area contributed by atoms with Crippen LogP contribution < -0.4 is 16.2 Å². The minimum atomic E-state index is -1.40. The lowest BCUT2D eigenvalue weighted by atomic mass is 10.1. The molecule has 11 heteroatoms. The highest BCUT2D eigenvalue weighted by molar-refractivity contribution is 5.89. The predicted molar refractivity (Wildman–Crippen MR) is 99.4 cm³/mol. The van der Waals surface area contributed by atoms with Gasteiger partial charge in [0.2, 0.25) is 0 Å². The Kier molecular flexibility index (Phi) is 6.97. The third-order valence-corrected chi connectivity index (χ3v) is 4.17. The first-order valence-electron chi connectivity index (χ1n) is 8.08. The molecular weight excluding hydrogens is 394 g/mol. The Balaban J connectivity index is 0.00000280. The lowest BCUT2D eigenvalue weighted by Crippen LogP contribution is -2.36. The molecule has 1 aliphatic rings. The average Bonchev–Trinajstić information content (AvgIpc) is 2.94. The highest BCUT2D eigenvalue weighted by atomic mass is 35.5. The summed E-state index contributed by atoms with van der Waals surface area (Å²) in [6.07, 6.45) is -3.65. The minimum Gasteiger partial charge on any atom is -0.497 e. The summed E-state index contributed by atoms with van der Waals surface area (Å²) in [6.45, 7) is -0.309. The number of methoxy groups -OCH3 is 1. The van der Waals surface area contributed by atoms with E-state index in [0.717, 1.165) is 4.57 Å². The number of aromatic nitrogens is 2. The minimum absolute atomic E-state index is 0.